The quantitative estimate of drug-likeness (QED) is 0.621. The van der Waals surface area contributed by atoms with Crippen LogP contribution in [0.2, 0.25) is 0 Å². The minimum absolute atomic E-state index is 0. The molecule has 0 aromatic heterocycles. The van der Waals surface area contributed by atoms with Crippen LogP contribution in [0, 0.1) is 0 Å². The van der Waals surface area contributed by atoms with Gasteiger partial charge in [-0.1, -0.05) is 43.8 Å². The Morgan fingerprint density at radius 1 is 0.788 bits per heavy atom. The number of aryl methyl sites for hydroxylation is 1. The standard InChI is InChI=1S/C12H15NO2.C12H13NO2.CH2O.BrH/c2*1-4-9-5-7-10(8-6-9)11-13-15-12(2,3)14-11;1-2;/h5-8H,4H2,1-3H3;4-8H,1H2,2-3H3;1H2;1H/p-1. The van der Waals surface area contributed by atoms with Gasteiger partial charge in [0.25, 0.3) is 23.4 Å². The fourth-order valence-electron chi connectivity index (χ4n) is 2.71. The second kappa shape index (κ2) is 12.2. The van der Waals surface area contributed by atoms with Gasteiger partial charge in [0.15, 0.2) is 0 Å². The lowest BCUT2D eigenvalue weighted by atomic mass is 10.1. The summed E-state index contributed by atoms with van der Waals surface area (Å²) in [4.78, 5) is 18.2. The van der Waals surface area contributed by atoms with E-state index in [9.17, 15) is 0 Å². The number of rotatable bonds is 4. The molecule has 0 N–H and O–H groups in total. The van der Waals surface area contributed by atoms with Gasteiger partial charge in [0.1, 0.15) is 6.79 Å². The molecule has 0 aliphatic carbocycles. The van der Waals surface area contributed by atoms with E-state index >= 15 is 0 Å². The summed E-state index contributed by atoms with van der Waals surface area (Å²) in [5, 5.41) is 7.79. The van der Waals surface area contributed by atoms with Crippen molar-refractivity contribution in [2.24, 2.45) is 10.3 Å². The van der Waals surface area contributed by atoms with Gasteiger partial charge in [-0.25, -0.2) is 0 Å². The fraction of sp³-hybridized carbons (Fsp3) is 0.320. The lowest BCUT2D eigenvalue weighted by Gasteiger charge is -2.14. The smallest absolute Gasteiger partial charge is 0.271 e. The first-order valence-corrected chi connectivity index (χ1v) is 10.2. The normalized spacial score (nSPS) is 16.3. The molecule has 2 aromatic rings. The number of benzene rings is 2. The van der Waals surface area contributed by atoms with E-state index < -0.39 is 11.6 Å². The lowest BCUT2D eigenvalue weighted by Crippen LogP contribution is -3.00. The third-order valence-corrected chi connectivity index (χ3v) is 4.38. The Labute approximate surface area is 205 Å². The number of hydrogen-bond acceptors (Lipinski definition) is 7. The molecule has 0 fully saturated rings. The van der Waals surface area contributed by atoms with Crippen LogP contribution in [-0.4, -0.2) is 30.2 Å². The van der Waals surface area contributed by atoms with Gasteiger partial charge < -0.3 is 40.9 Å². The molecule has 0 spiro atoms. The summed E-state index contributed by atoms with van der Waals surface area (Å²) in [5.74, 6) is -0.219. The summed E-state index contributed by atoms with van der Waals surface area (Å²) >= 11 is 0. The van der Waals surface area contributed by atoms with Crippen molar-refractivity contribution in [1.29, 1.82) is 0 Å². The summed E-state index contributed by atoms with van der Waals surface area (Å²) in [5.41, 5.74) is 4.24. The molecule has 33 heavy (non-hydrogen) atoms. The van der Waals surface area contributed by atoms with Gasteiger partial charge in [-0.2, -0.15) is 0 Å². The number of carbonyl (C=O) groups is 1. The largest absolute Gasteiger partial charge is 1.00 e. The Hall–Kier alpha value is -3.13. The van der Waals surface area contributed by atoms with Gasteiger partial charge >= 0.3 is 0 Å². The van der Waals surface area contributed by atoms with Crippen LogP contribution in [0.15, 0.2) is 65.4 Å². The molecule has 0 radical (unpaired) electrons. The van der Waals surface area contributed by atoms with Crippen LogP contribution in [0.5, 0.6) is 0 Å². The molecule has 8 heteroatoms. The molecule has 0 saturated carbocycles. The molecule has 2 aromatic carbocycles. The average molecular weight is 518 g/mol. The highest BCUT2D eigenvalue weighted by atomic mass is 79.9. The van der Waals surface area contributed by atoms with E-state index in [-0.39, 0.29) is 17.0 Å². The van der Waals surface area contributed by atoms with Gasteiger partial charge in [0, 0.05) is 38.8 Å². The zero-order valence-corrected chi connectivity index (χ0v) is 21.2. The highest BCUT2D eigenvalue weighted by molar-refractivity contribution is 5.95. The van der Waals surface area contributed by atoms with E-state index in [2.05, 4.69) is 35.9 Å². The van der Waals surface area contributed by atoms with E-state index in [1.807, 2.05) is 70.9 Å². The molecule has 0 bridgehead atoms. The van der Waals surface area contributed by atoms with Crippen LogP contribution in [-0.2, 0) is 30.4 Å². The number of hydrogen-bond donors (Lipinski definition) is 0. The maximum Gasteiger partial charge on any atom is 0.271 e. The monoisotopic (exact) mass is 517 g/mol. The Balaban J connectivity index is 0.000000299. The summed E-state index contributed by atoms with van der Waals surface area (Å²) < 4.78 is 11.0. The number of carbonyl (C=O) groups excluding carboxylic acids is 1. The van der Waals surface area contributed by atoms with E-state index in [1.165, 1.54) is 5.56 Å². The third-order valence-electron chi connectivity index (χ3n) is 4.38. The predicted molar refractivity (Wildman–Crippen MR) is 125 cm³/mol. The van der Waals surface area contributed by atoms with Crippen molar-refractivity contribution in [1.82, 2.24) is 0 Å². The van der Waals surface area contributed by atoms with E-state index in [1.54, 1.807) is 6.08 Å². The van der Waals surface area contributed by atoms with E-state index in [0.29, 0.717) is 11.8 Å². The van der Waals surface area contributed by atoms with Crippen molar-refractivity contribution in [3.05, 3.63) is 77.4 Å². The zero-order valence-electron chi connectivity index (χ0n) is 19.6. The fourth-order valence-corrected chi connectivity index (χ4v) is 2.71. The molecule has 2 aliphatic heterocycles. The van der Waals surface area contributed by atoms with E-state index in [4.69, 9.17) is 23.9 Å². The molecule has 0 atom stereocenters. The first kappa shape index (κ1) is 27.9. The highest BCUT2D eigenvalue weighted by Gasteiger charge is 2.31. The molecule has 178 valence electrons. The molecular weight excluding hydrogens is 488 g/mol. The minimum Gasteiger partial charge on any atom is -1.00 e. The molecule has 2 heterocycles. The van der Waals surface area contributed by atoms with Crippen molar-refractivity contribution >= 4 is 24.7 Å². The summed E-state index contributed by atoms with van der Waals surface area (Å²) in [6.07, 6.45) is 2.83. The third kappa shape index (κ3) is 8.05. The first-order valence-electron chi connectivity index (χ1n) is 10.2. The highest BCUT2D eigenvalue weighted by Crippen LogP contribution is 2.23. The van der Waals surface area contributed by atoms with Crippen molar-refractivity contribution in [2.75, 3.05) is 0 Å². The summed E-state index contributed by atoms with van der Waals surface area (Å²) in [6.45, 7) is 15.1. The van der Waals surface area contributed by atoms with Crippen LogP contribution in [0.25, 0.3) is 6.08 Å². The SMILES string of the molecule is C=Cc1ccc(C2=NOC(C)(C)O2)cc1.C=O.CCc1ccc(C2=NOC(C)(C)O2)cc1.[Br-]. The summed E-state index contributed by atoms with van der Waals surface area (Å²) in [6, 6.07) is 15.9. The van der Waals surface area contributed by atoms with Crippen LogP contribution in [0.3, 0.4) is 0 Å². The molecule has 0 amide bonds. The maximum absolute atomic E-state index is 8.00. The van der Waals surface area contributed by atoms with Crippen LogP contribution >= 0.6 is 0 Å². The molecule has 0 unspecified atom stereocenters. The van der Waals surface area contributed by atoms with Gasteiger partial charge in [-0.15, -0.1) is 0 Å². The zero-order chi connectivity index (χ0) is 23.8. The number of oxime groups is 2. The lowest BCUT2D eigenvalue weighted by molar-refractivity contribution is -0.129. The molecule has 0 saturated heterocycles. The van der Waals surface area contributed by atoms with Crippen molar-refractivity contribution in [3.8, 4) is 0 Å². The Morgan fingerprint density at radius 2 is 1.18 bits per heavy atom. The first-order chi connectivity index (χ1) is 15.2. The van der Waals surface area contributed by atoms with E-state index in [0.717, 1.165) is 23.1 Å². The second-order valence-electron chi connectivity index (χ2n) is 7.86. The molecule has 2 aliphatic rings. The molecular formula is C25H30BrN2O5-. The van der Waals surface area contributed by atoms with Gasteiger partial charge in [0.2, 0.25) is 0 Å². The van der Waals surface area contributed by atoms with Gasteiger partial charge in [0.05, 0.1) is 0 Å². The molecule has 7 nitrogen and oxygen atoms in total. The Kier molecular flexibility index (Phi) is 10.3. The Bertz CT molecular complexity index is 967. The maximum atomic E-state index is 8.00. The number of nitrogens with zero attached hydrogens (tertiary/aromatic N) is 2. The van der Waals surface area contributed by atoms with Gasteiger partial charge in [-0.05, 0) is 52.1 Å². The van der Waals surface area contributed by atoms with Crippen molar-refractivity contribution in [2.45, 2.75) is 52.6 Å². The Morgan fingerprint density at radius 3 is 1.48 bits per heavy atom. The van der Waals surface area contributed by atoms with Crippen molar-refractivity contribution in [3.63, 3.8) is 0 Å². The minimum atomic E-state index is -0.660. The second-order valence-corrected chi connectivity index (χ2v) is 7.86. The van der Waals surface area contributed by atoms with Crippen LogP contribution in [0.1, 0.15) is 56.9 Å². The predicted octanol–water partition coefficient (Wildman–Crippen LogP) is 2.29. The summed E-state index contributed by atoms with van der Waals surface area (Å²) in [7, 11) is 0. The van der Waals surface area contributed by atoms with Gasteiger partial charge in [-0.3, -0.25) is 0 Å². The molecule has 4 rings (SSSR count). The number of halogens is 1. The topological polar surface area (TPSA) is 78.7 Å². The van der Waals surface area contributed by atoms with Crippen molar-refractivity contribution < 1.29 is 40.9 Å². The van der Waals surface area contributed by atoms with Crippen LogP contribution in [0.4, 0.5) is 0 Å². The average Bonchev–Trinajstić information content (AvgIpc) is 3.36. The van der Waals surface area contributed by atoms with Crippen LogP contribution < -0.4 is 17.0 Å². The number of ether oxygens (including phenoxy) is 2.